The van der Waals surface area contributed by atoms with Gasteiger partial charge in [-0.3, -0.25) is 9.25 Å². The van der Waals surface area contributed by atoms with E-state index >= 15 is 0 Å². The highest BCUT2D eigenvalue weighted by Crippen LogP contribution is 2.39. The molecule has 7 nitrogen and oxygen atoms in total. The minimum Gasteiger partial charge on any atom is -0.321 e. The number of hydrogen-bond donors (Lipinski definition) is 1. The van der Waals surface area contributed by atoms with Gasteiger partial charge in [-0.05, 0) is 55.2 Å². The fourth-order valence-electron chi connectivity index (χ4n) is 4.65. The zero-order valence-electron chi connectivity index (χ0n) is 19.4. The first-order valence-electron chi connectivity index (χ1n) is 11.5. The highest BCUT2D eigenvalue weighted by Gasteiger charge is 2.34. The van der Waals surface area contributed by atoms with Crippen LogP contribution >= 0.6 is 0 Å². The molecule has 5 aromatic rings. The molecule has 0 saturated heterocycles. The van der Waals surface area contributed by atoms with Gasteiger partial charge >= 0.3 is 6.18 Å². The third-order valence-corrected chi connectivity index (χ3v) is 6.84. The van der Waals surface area contributed by atoms with E-state index in [0.29, 0.717) is 17.0 Å². The first-order chi connectivity index (χ1) is 17.2. The number of hydrogen-bond acceptors (Lipinski definition) is 5. The van der Waals surface area contributed by atoms with Gasteiger partial charge in [0.15, 0.2) is 17.3 Å². The SMILES string of the molecule is Cn1nccc1-c1nc2cnc(-c3cccc(C(F)(F)F)c3)nc2n1-c1ccc(C2(N)CCC2)cc1. The van der Waals surface area contributed by atoms with Crippen molar-refractivity contribution in [1.82, 2.24) is 29.3 Å². The molecule has 0 amide bonds. The van der Waals surface area contributed by atoms with Crippen LogP contribution in [0.2, 0.25) is 0 Å². The Hall–Kier alpha value is -4.05. The van der Waals surface area contributed by atoms with Crippen LogP contribution in [0.15, 0.2) is 67.0 Å². The first kappa shape index (κ1) is 22.4. The van der Waals surface area contributed by atoms with E-state index in [-0.39, 0.29) is 16.9 Å². The maximum atomic E-state index is 13.3. The molecule has 0 radical (unpaired) electrons. The smallest absolute Gasteiger partial charge is 0.321 e. The number of rotatable bonds is 4. The molecule has 3 heterocycles. The molecule has 6 rings (SSSR count). The molecule has 0 unspecified atom stereocenters. The number of imidazole rings is 1. The lowest BCUT2D eigenvalue weighted by Gasteiger charge is -2.38. The van der Waals surface area contributed by atoms with Gasteiger partial charge in [-0.15, -0.1) is 0 Å². The Kier molecular flexibility index (Phi) is 4.97. The summed E-state index contributed by atoms with van der Waals surface area (Å²) in [5.41, 5.74) is 9.35. The van der Waals surface area contributed by atoms with Crippen LogP contribution in [0.5, 0.6) is 0 Å². The number of alkyl halides is 3. The van der Waals surface area contributed by atoms with Crippen LogP contribution in [0.4, 0.5) is 13.2 Å². The van der Waals surface area contributed by atoms with E-state index in [1.165, 1.54) is 12.3 Å². The van der Waals surface area contributed by atoms with Crippen LogP contribution in [0.25, 0.3) is 39.8 Å². The lowest BCUT2D eigenvalue weighted by molar-refractivity contribution is -0.137. The molecule has 1 fully saturated rings. The molecule has 0 aliphatic heterocycles. The maximum Gasteiger partial charge on any atom is 0.416 e. The van der Waals surface area contributed by atoms with Crippen molar-refractivity contribution in [3.8, 4) is 28.6 Å². The average molecular weight is 490 g/mol. The fraction of sp³-hybridized carbons (Fsp3) is 0.231. The van der Waals surface area contributed by atoms with Crippen molar-refractivity contribution in [3.63, 3.8) is 0 Å². The molecule has 2 N–H and O–H groups in total. The highest BCUT2D eigenvalue weighted by atomic mass is 19.4. The summed E-state index contributed by atoms with van der Waals surface area (Å²) in [5, 5.41) is 4.27. The number of nitrogens with two attached hydrogens (primary N) is 1. The molecular formula is C26H22F3N7. The van der Waals surface area contributed by atoms with Gasteiger partial charge < -0.3 is 5.73 Å². The van der Waals surface area contributed by atoms with Gasteiger partial charge in [-0.25, -0.2) is 15.0 Å². The van der Waals surface area contributed by atoms with Crippen molar-refractivity contribution in [2.24, 2.45) is 12.8 Å². The Morgan fingerprint density at radius 1 is 1.00 bits per heavy atom. The zero-order chi connectivity index (χ0) is 25.1. The van der Waals surface area contributed by atoms with E-state index in [9.17, 15) is 13.2 Å². The van der Waals surface area contributed by atoms with E-state index in [2.05, 4.69) is 15.1 Å². The summed E-state index contributed by atoms with van der Waals surface area (Å²) >= 11 is 0. The fourth-order valence-corrected chi connectivity index (χ4v) is 4.65. The minimum absolute atomic E-state index is 0.179. The number of aromatic nitrogens is 6. The topological polar surface area (TPSA) is 87.4 Å². The van der Waals surface area contributed by atoms with Crippen LogP contribution in [0.3, 0.4) is 0 Å². The molecule has 0 atom stereocenters. The minimum atomic E-state index is -4.46. The van der Waals surface area contributed by atoms with E-state index in [1.807, 2.05) is 41.9 Å². The van der Waals surface area contributed by atoms with Crippen LogP contribution in [0.1, 0.15) is 30.4 Å². The Morgan fingerprint density at radius 3 is 2.42 bits per heavy atom. The molecule has 3 aromatic heterocycles. The lowest BCUT2D eigenvalue weighted by atomic mass is 9.73. The average Bonchev–Trinajstić information content (AvgIpc) is 3.44. The normalized spacial score (nSPS) is 15.2. The summed E-state index contributed by atoms with van der Waals surface area (Å²) in [6.07, 6.45) is 1.77. The third-order valence-electron chi connectivity index (χ3n) is 6.84. The molecule has 1 saturated carbocycles. The van der Waals surface area contributed by atoms with E-state index in [0.717, 1.165) is 48.3 Å². The van der Waals surface area contributed by atoms with Gasteiger partial charge in [0.1, 0.15) is 11.2 Å². The predicted octanol–water partition coefficient (Wildman–Crippen LogP) is 5.24. The number of aryl methyl sites for hydroxylation is 1. The Balaban J connectivity index is 1.53. The summed E-state index contributed by atoms with van der Waals surface area (Å²) in [7, 11) is 1.82. The molecule has 0 bridgehead atoms. The van der Waals surface area contributed by atoms with E-state index < -0.39 is 11.7 Å². The Bertz CT molecular complexity index is 1580. The van der Waals surface area contributed by atoms with E-state index in [1.54, 1.807) is 16.9 Å². The summed E-state index contributed by atoms with van der Waals surface area (Å²) in [4.78, 5) is 13.8. The molecule has 1 aliphatic rings. The Labute approximate surface area is 204 Å². The monoisotopic (exact) mass is 489 g/mol. The van der Waals surface area contributed by atoms with Crippen molar-refractivity contribution in [3.05, 3.63) is 78.1 Å². The van der Waals surface area contributed by atoms with Crippen LogP contribution in [-0.4, -0.2) is 29.3 Å². The second kappa shape index (κ2) is 7.99. The van der Waals surface area contributed by atoms with Crippen LogP contribution < -0.4 is 5.73 Å². The molecule has 1 aliphatic carbocycles. The molecule has 10 heteroatoms. The number of halogens is 3. The second-order valence-corrected chi connectivity index (χ2v) is 9.15. The maximum absolute atomic E-state index is 13.3. The van der Waals surface area contributed by atoms with Gasteiger partial charge in [0.25, 0.3) is 0 Å². The van der Waals surface area contributed by atoms with Crippen LogP contribution in [0, 0.1) is 0 Å². The van der Waals surface area contributed by atoms with Gasteiger partial charge in [-0.1, -0.05) is 24.3 Å². The number of fused-ring (bicyclic) bond motifs is 1. The van der Waals surface area contributed by atoms with Gasteiger partial charge in [0, 0.05) is 30.0 Å². The molecular weight excluding hydrogens is 467 g/mol. The summed E-state index contributed by atoms with van der Waals surface area (Å²) in [5.74, 6) is 0.776. The zero-order valence-corrected chi connectivity index (χ0v) is 19.4. The van der Waals surface area contributed by atoms with Crippen molar-refractivity contribution < 1.29 is 13.2 Å². The quantitative estimate of drug-likeness (QED) is 0.373. The highest BCUT2D eigenvalue weighted by molar-refractivity contribution is 5.80. The molecule has 182 valence electrons. The number of nitrogens with zero attached hydrogens (tertiary/aromatic N) is 6. The van der Waals surface area contributed by atoms with Gasteiger partial charge in [-0.2, -0.15) is 18.3 Å². The summed E-state index contributed by atoms with van der Waals surface area (Å²) in [6, 6.07) is 14.8. The number of benzene rings is 2. The van der Waals surface area contributed by atoms with Crippen molar-refractivity contribution in [1.29, 1.82) is 0 Å². The summed E-state index contributed by atoms with van der Waals surface area (Å²) < 4.78 is 43.5. The molecule has 0 spiro atoms. The Morgan fingerprint density at radius 2 is 1.78 bits per heavy atom. The lowest BCUT2D eigenvalue weighted by Crippen LogP contribution is -2.43. The largest absolute Gasteiger partial charge is 0.416 e. The van der Waals surface area contributed by atoms with Gasteiger partial charge in [0.2, 0.25) is 0 Å². The third kappa shape index (κ3) is 3.65. The molecule has 2 aromatic carbocycles. The van der Waals surface area contributed by atoms with Crippen molar-refractivity contribution >= 4 is 11.2 Å². The van der Waals surface area contributed by atoms with Gasteiger partial charge in [0.05, 0.1) is 11.8 Å². The molecule has 36 heavy (non-hydrogen) atoms. The van der Waals surface area contributed by atoms with E-state index in [4.69, 9.17) is 10.7 Å². The first-order valence-corrected chi connectivity index (χ1v) is 11.5. The summed E-state index contributed by atoms with van der Waals surface area (Å²) in [6.45, 7) is 0. The van der Waals surface area contributed by atoms with Crippen LogP contribution in [-0.2, 0) is 18.8 Å². The standard InChI is InChI=1S/C26H22F3N7/c1-35-21(10-13-32-35)24-33-20-15-31-22(16-4-2-5-18(14-16)26(27,28)29)34-23(20)36(24)19-8-6-17(7-9-19)25(30)11-3-12-25/h2,4-10,13-15H,3,11-12,30H2,1H3. The predicted molar refractivity (Wildman–Crippen MR) is 129 cm³/mol. The van der Waals surface area contributed by atoms with Crippen molar-refractivity contribution in [2.45, 2.75) is 31.0 Å². The second-order valence-electron chi connectivity index (χ2n) is 9.15. The van der Waals surface area contributed by atoms with Crippen molar-refractivity contribution in [2.75, 3.05) is 0 Å².